The summed E-state index contributed by atoms with van der Waals surface area (Å²) in [5.41, 5.74) is 5.59. The van der Waals surface area contributed by atoms with Gasteiger partial charge in [0.15, 0.2) is 0 Å². The Morgan fingerprint density at radius 2 is 1.89 bits per heavy atom. The zero-order valence-electron chi connectivity index (χ0n) is 10.5. The van der Waals surface area contributed by atoms with Crippen LogP contribution in [0.4, 0.5) is 0 Å². The third-order valence-corrected chi connectivity index (χ3v) is 4.15. The van der Waals surface area contributed by atoms with Crippen LogP contribution >= 0.6 is 0 Å². The second-order valence-corrected chi connectivity index (χ2v) is 6.35. The van der Waals surface area contributed by atoms with Crippen molar-refractivity contribution in [2.24, 2.45) is 5.73 Å². The molecule has 1 rings (SSSR count). The van der Waals surface area contributed by atoms with Crippen LogP contribution in [-0.4, -0.2) is 20.5 Å². The van der Waals surface area contributed by atoms with E-state index in [1.165, 1.54) is 12.1 Å². The lowest BCUT2D eigenvalue weighted by Gasteiger charge is -2.23. The Morgan fingerprint density at radius 1 is 1.33 bits per heavy atom. The van der Waals surface area contributed by atoms with Gasteiger partial charge >= 0.3 is 0 Å². The topological polar surface area (TPSA) is 96.0 Å². The number of nitriles is 1. The molecule has 0 aromatic heterocycles. The highest BCUT2D eigenvalue weighted by Gasteiger charge is 2.24. The second-order valence-electron chi connectivity index (χ2n) is 4.67. The zero-order chi connectivity index (χ0) is 13.8. The fourth-order valence-corrected chi connectivity index (χ4v) is 2.77. The molecular weight excluding hydrogens is 250 g/mol. The maximum Gasteiger partial charge on any atom is 0.241 e. The molecule has 0 heterocycles. The minimum absolute atomic E-state index is 0.172. The van der Waals surface area contributed by atoms with Crippen LogP contribution in [0.2, 0.25) is 0 Å². The van der Waals surface area contributed by atoms with Gasteiger partial charge in [-0.25, -0.2) is 13.1 Å². The van der Waals surface area contributed by atoms with Gasteiger partial charge in [-0.3, -0.25) is 0 Å². The van der Waals surface area contributed by atoms with Crippen LogP contribution in [0.5, 0.6) is 0 Å². The third-order valence-electron chi connectivity index (χ3n) is 2.44. The summed E-state index contributed by atoms with van der Waals surface area (Å²) in [6.45, 7) is 3.64. The number of benzene rings is 1. The average molecular weight is 267 g/mol. The number of nitrogens with zero attached hydrogens (tertiary/aromatic N) is 1. The van der Waals surface area contributed by atoms with E-state index in [1.54, 1.807) is 26.0 Å². The summed E-state index contributed by atoms with van der Waals surface area (Å²) in [4.78, 5) is 0.172. The van der Waals surface area contributed by atoms with E-state index in [0.717, 1.165) is 5.56 Å². The van der Waals surface area contributed by atoms with Crippen molar-refractivity contribution in [1.82, 2.24) is 4.72 Å². The lowest BCUT2D eigenvalue weighted by molar-refractivity contribution is 0.462. The first-order valence-corrected chi connectivity index (χ1v) is 6.99. The molecule has 1 aromatic rings. The Hall–Kier alpha value is -1.42. The first kappa shape index (κ1) is 14.6. The maximum absolute atomic E-state index is 12.0. The van der Waals surface area contributed by atoms with Gasteiger partial charge in [0.2, 0.25) is 10.0 Å². The average Bonchev–Trinajstić information content (AvgIpc) is 2.29. The van der Waals surface area contributed by atoms with E-state index < -0.39 is 15.6 Å². The molecule has 18 heavy (non-hydrogen) atoms. The number of nitrogens with two attached hydrogens (primary N) is 1. The molecule has 0 unspecified atom stereocenters. The normalized spacial score (nSPS) is 12.1. The first-order chi connectivity index (χ1) is 8.30. The minimum Gasteiger partial charge on any atom is -0.329 e. The summed E-state index contributed by atoms with van der Waals surface area (Å²) in [7, 11) is -3.57. The van der Waals surface area contributed by atoms with Crippen LogP contribution in [0.15, 0.2) is 29.2 Å². The van der Waals surface area contributed by atoms with Gasteiger partial charge in [-0.15, -0.1) is 0 Å². The van der Waals surface area contributed by atoms with Crippen LogP contribution in [0.1, 0.15) is 19.4 Å². The lowest BCUT2D eigenvalue weighted by atomic mass is 10.1. The number of hydrogen-bond donors (Lipinski definition) is 2. The van der Waals surface area contributed by atoms with E-state index in [2.05, 4.69) is 4.72 Å². The quantitative estimate of drug-likeness (QED) is 0.823. The molecule has 0 amide bonds. The molecule has 0 aliphatic carbocycles. The van der Waals surface area contributed by atoms with Crippen LogP contribution in [-0.2, 0) is 16.4 Å². The van der Waals surface area contributed by atoms with Gasteiger partial charge in [-0.1, -0.05) is 12.1 Å². The van der Waals surface area contributed by atoms with Crippen LogP contribution in [0.3, 0.4) is 0 Å². The molecule has 0 aliphatic heterocycles. The Kier molecular flexibility index (Phi) is 4.46. The van der Waals surface area contributed by atoms with Gasteiger partial charge in [-0.2, -0.15) is 5.26 Å². The fourth-order valence-electron chi connectivity index (χ4n) is 1.34. The molecule has 0 bridgehead atoms. The molecule has 5 nitrogen and oxygen atoms in total. The van der Waals surface area contributed by atoms with E-state index in [0.29, 0.717) is 0 Å². The van der Waals surface area contributed by atoms with Crippen molar-refractivity contribution in [3.05, 3.63) is 29.8 Å². The molecule has 0 radical (unpaired) electrons. The number of hydrogen-bond acceptors (Lipinski definition) is 4. The van der Waals surface area contributed by atoms with E-state index in [9.17, 15) is 8.42 Å². The van der Waals surface area contributed by atoms with Crippen molar-refractivity contribution in [2.75, 3.05) is 6.54 Å². The van der Waals surface area contributed by atoms with Gasteiger partial charge in [-0.05, 0) is 31.5 Å². The molecule has 0 atom stereocenters. The molecule has 0 aliphatic rings. The summed E-state index contributed by atoms with van der Waals surface area (Å²) in [6.07, 6.45) is 0.266. The summed E-state index contributed by atoms with van der Waals surface area (Å²) in [5.74, 6) is 0. The Balaban J connectivity index is 2.96. The molecule has 1 aromatic carbocycles. The minimum atomic E-state index is -3.57. The number of nitrogens with one attached hydrogen (secondary N) is 1. The van der Waals surface area contributed by atoms with E-state index >= 15 is 0 Å². The van der Waals surface area contributed by atoms with Crippen molar-refractivity contribution in [1.29, 1.82) is 5.26 Å². The summed E-state index contributed by atoms with van der Waals surface area (Å²) >= 11 is 0. The second kappa shape index (κ2) is 5.48. The summed E-state index contributed by atoms with van der Waals surface area (Å²) in [6, 6.07) is 8.25. The Bertz CT molecular complexity index is 542. The van der Waals surface area contributed by atoms with Gasteiger partial charge in [0.05, 0.1) is 17.4 Å². The molecule has 0 saturated carbocycles. The van der Waals surface area contributed by atoms with Gasteiger partial charge in [0.25, 0.3) is 0 Å². The third kappa shape index (κ3) is 3.81. The van der Waals surface area contributed by atoms with Gasteiger partial charge < -0.3 is 5.73 Å². The highest BCUT2D eigenvalue weighted by Crippen LogP contribution is 2.13. The predicted molar refractivity (Wildman–Crippen MR) is 69.2 cm³/mol. The molecule has 0 spiro atoms. The van der Waals surface area contributed by atoms with Crippen LogP contribution in [0, 0.1) is 11.3 Å². The van der Waals surface area contributed by atoms with E-state index in [1.807, 2.05) is 6.07 Å². The van der Waals surface area contributed by atoms with Crippen LogP contribution in [0.25, 0.3) is 0 Å². The van der Waals surface area contributed by atoms with Crippen molar-refractivity contribution in [2.45, 2.75) is 30.7 Å². The predicted octanol–water partition coefficient (Wildman–Crippen LogP) is 0.768. The van der Waals surface area contributed by atoms with E-state index in [-0.39, 0.29) is 17.9 Å². The molecule has 0 saturated heterocycles. The monoisotopic (exact) mass is 267 g/mol. The standard InChI is InChI=1S/C12H17N3O2S/c1-12(2,9-14)15-18(16,17)11-5-3-10(4-6-11)7-8-13/h3-6,15H,7,9,14H2,1-2H3. The lowest BCUT2D eigenvalue weighted by Crippen LogP contribution is -2.48. The molecule has 98 valence electrons. The van der Waals surface area contributed by atoms with Crippen LogP contribution < -0.4 is 10.5 Å². The molecular formula is C12H17N3O2S. The molecule has 6 heteroatoms. The highest BCUT2D eigenvalue weighted by molar-refractivity contribution is 7.89. The summed E-state index contributed by atoms with van der Waals surface area (Å²) < 4.78 is 26.6. The SMILES string of the molecule is CC(C)(CN)NS(=O)(=O)c1ccc(CC#N)cc1. The molecule has 3 N–H and O–H groups in total. The van der Waals surface area contributed by atoms with Crippen molar-refractivity contribution in [3.8, 4) is 6.07 Å². The van der Waals surface area contributed by atoms with Gasteiger partial charge in [0.1, 0.15) is 0 Å². The number of rotatable bonds is 5. The summed E-state index contributed by atoms with van der Waals surface area (Å²) in [5, 5.41) is 8.54. The van der Waals surface area contributed by atoms with Gasteiger partial charge in [0, 0.05) is 12.1 Å². The Morgan fingerprint density at radius 3 is 2.33 bits per heavy atom. The Labute approximate surface area is 108 Å². The van der Waals surface area contributed by atoms with Crippen molar-refractivity contribution >= 4 is 10.0 Å². The van der Waals surface area contributed by atoms with Crippen molar-refractivity contribution in [3.63, 3.8) is 0 Å². The van der Waals surface area contributed by atoms with E-state index in [4.69, 9.17) is 11.0 Å². The first-order valence-electron chi connectivity index (χ1n) is 5.51. The van der Waals surface area contributed by atoms with Crippen molar-refractivity contribution < 1.29 is 8.42 Å². The smallest absolute Gasteiger partial charge is 0.241 e. The largest absolute Gasteiger partial charge is 0.329 e. The zero-order valence-corrected chi connectivity index (χ0v) is 11.3. The highest BCUT2D eigenvalue weighted by atomic mass is 32.2. The fraction of sp³-hybridized carbons (Fsp3) is 0.417. The maximum atomic E-state index is 12.0. The number of sulfonamides is 1. The molecule has 0 fully saturated rings.